The number of nitrogens with one attached hydrogen (secondary N) is 1. The van der Waals surface area contributed by atoms with Gasteiger partial charge in [0.05, 0.1) is 26.3 Å². The van der Waals surface area contributed by atoms with Crippen LogP contribution in [0, 0.1) is 0 Å². The van der Waals surface area contributed by atoms with Gasteiger partial charge in [0.15, 0.2) is 0 Å². The molecule has 25 heavy (non-hydrogen) atoms. The molecular formula is C19H16ClNO4. The Hall–Kier alpha value is -2.79. The van der Waals surface area contributed by atoms with Crippen LogP contribution in [0.25, 0.3) is 10.9 Å². The van der Waals surface area contributed by atoms with E-state index in [1.807, 2.05) is 6.07 Å². The highest BCUT2D eigenvalue weighted by molar-refractivity contribution is 6.30. The minimum Gasteiger partial charge on any atom is -0.497 e. The molecule has 0 aliphatic heterocycles. The molecule has 0 saturated carbocycles. The molecule has 3 aromatic rings. The fraction of sp³-hybridized carbons (Fsp3) is 0.158. The van der Waals surface area contributed by atoms with E-state index in [4.69, 9.17) is 21.1 Å². The highest BCUT2D eigenvalue weighted by atomic mass is 35.5. The van der Waals surface area contributed by atoms with Gasteiger partial charge in [0.2, 0.25) is 5.78 Å². The standard InChI is InChI=1S/C19H16ClNO4/c1-24-13-7-8-14-15(10-17(22)25-2)18(21-16(14)9-13)19(23)11-3-5-12(20)6-4-11/h3-9,21H,10H2,1-2H3. The molecule has 0 fully saturated rings. The topological polar surface area (TPSA) is 68.4 Å². The van der Waals surface area contributed by atoms with Gasteiger partial charge in [0, 0.05) is 33.1 Å². The van der Waals surface area contributed by atoms with Crippen molar-refractivity contribution >= 4 is 34.3 Å². The van der Waals surface area contributed by atoms with Gasteiger partial charge in [-0.15, -0.1) is 0 Å². The number of methoxy groups -OCH3 is 2. The van der Waals surface area contributed by atoms with Crippen LogP contribution in [-0.2, 0) is 16.0 Å². The Morgan fingerprint density at radius 3 is 2.44 bits per heavy atom. The Kier molecular flexibility index (Phi) is 4.76. The van der Waals surface area contributed by atoms with E-state index in [-0.39, 0.29) is 12.2 Å². The van der Waals surface area contributed by atoms with Crippen molar-refractivity contribution in [2.45, 2.75) is 6.42 Å². The first kappa shape index (κ1) is 17.0. The van der Waals surface area contributed by atoms with Crippen LogP contribution in [0.3, 0.4) is 0 Å². The monoisotopic (exact) mass is 357 g/mol. The number of fused-ring (bicyclic) bond motifs is 1. The maximum absolute atomic E-state index is 12.9. The summed E-state index contributed by atoms with van der Waals surface area (Å²) in [5, 5.41) is 1.33. The van der Waals surface area contributed by atoms with Gasteiger partial charge in [-0.3, -0.25) is 9.59 Å². The average molecular weight is 358 g/mol. The van der Waals surface area contributed by atoms with Crippen LogP contribution in [0.1, 0.15) is 21.6 Å². The van der Waals surface area contributed by atoms with Crippen molar-refractivity contribution in [3.8, 4) is 5.75 Å². The molecule has 1 N–H and O–H groups in total. The Morgan fingerprint density at radius 2 is 1.80 bits per heavy atom. The number of hydrogen-bond acceptors (Lipinski definition) is 4. The highest BCUT2D eigenvalue weighted by Gasteiger charge is 2.21. The average Bonchev–Trinajstić information content (AvgIpc) is 2.99. The largest absolute Gasteiger partial charge is 0.497 e. The molecular weight excluding hydrogens is 342 g/mol. The van der Waals surface area contributed by atoms with Crippen LogP contribution in [0.4, 0.5) is 0 Å². The normalized spacial score (nSPS) is 10.7. The molecule has 1 aromatic heterocycles. The highest BCUT2D eigenvalue weighted by Crippen LogP contribution is 2.28. The molecule has 0 amide bonds. The summed E-state index contributed by atoms with van der Waals surface area (Å²) in [5.74, 6) is 0.0245. The Labute approximate surface area is 149 Å². The third-order valence-corrected chi connectivity index (χ3v) is 4.25. The Balaban J connectivity index is 2.14. The van der Waals surface area contributed by atoms with Gasteiger partial charge in [0.1, 0.15) is 5.75 Å². The van der Waals surface area contributed by atoms with E-state index >= 15 is 0 Å². The number of ether oxygens (including phenoxy) is 2. The predicted molar refractivity (Wildman–Crippen MR) is 95.5 cm³/mol. The molecule has 0 bridgehead atoms. The number of carbonyl (C=O) groups excluding carboxylic acids is 2. The molecule has 0 unspecified atom stereocenters. The van der Waals surface area contributed by atoms with E-state index in [1.54, 1.807) is 43.5 Å². The van der Waals surface area contributed by atoms with E-state index in [2.05, 4.69) is 4.98 Å². The summed E-state index contributed by atoms with van der Waals surface area (Å²) in [7, 11) is 2.89. The van der Waals surface area contributed by atoms with Gasteiger partial charge >= 0.3 is 5.97 Å². The second kappa shape index (κ2) is 6.99. The van der Waals surface area contributed by atoms with Crippen LogP contribution in [0.2, 0.25) is 5.02 Å². The van der Waals surface area contributed by atoms with Crippen molar-refractivity contribution in [3.05, 3.63) is 64.3 Å². The van der Waals surface area contributed by atoms with Crippen molar-refractivity contribution in [1.29, 1.82) is 0 Å². The van der Waals surface area contributed by atoms with Crippen LogP contribution in [0.15, 0.2) is 42.5 Å². The molecule has 128 valence electrons. The Bertz CT molecular complexity index is 944. The quantitative estimate of drug-likeness (QED) is 0.557. The number of hydrogen-bond donors (Lipinski definition) is 1. The number of H-pyrrole nitrogens is 1. The fourth-order valence-electron chi connectivity index (χ4n) is 2.70. The summed E-state index contributed by atoms with van der Waals surface area (Å²) in [5.41, 5.74) is 2.16. The number of aromatic amines is 1. The number of carbonyl (C=O) groups is 2. The fourth-order valence-corrected chi connectivity index (χ4v) is 2.83. The van der Waals surface area contributed by atoms with Crippen LogP contribution >= 0.6 is 11.6 Å². The number of benzene rings is 2. The molecule has 0 saturated heterocycles. The van der Waals surface area contributed by atoms with E-state index < -0.39 is 5.97 Å². The first-order valence-electron chi connectivity index (χ1n) is 7.59. The van der Waals surface area contributed by atoms with Gasteiger partial charge < -0.3 is 14.5 Å². The van der Waals surface area contributed by atoms with Crippen LogP contribution in [-0.4, -0.2) is 31.0 Å². The van der Waals surface area contributed by atoms with E-state index in [0.29, 0.717) is 27.6 Å². The maximum atomic E-state index is 12.9. The van der Waals surface area contributed by atoms with E-state index in [9.17, 15) is 9.59 Å². The van der Waals surface area contributed by atoms with E-state index in [1.165, 1.54) is 7.11 Å². The van der Waals surface area contributed by atoms with Crippen molar-refractivity contribution in [3.63, 3.8) is 0 Å². The number of aromatic nitrogens is 1. The molecule has 1 heterocycles. The first-order valence-corrected chi connectivity index (χ1v) is 7.97. The number of ketones is 1. The number of halogens is 1. The second-order valence-electron chi connectivity index (χ2n) is 5.48. The molecule has 0 radical (unpaired) electrons. The molecule has 2 aromatic carbocycles. The second-order valence-corrected chi connectivity index (χ2v) is 5.92. The summed E-state index contributed by atoms with van der Waals surface area (Å²) in [4.78, 5) is 27.8. The molecule has 5 nitrogen and oxygen atoms in total. The smallest absolute Gasteiger partial charge is 0.310 e. The lowest BCUT2D eigenvalue weighted by atomic mass is 10.0. The van der Waals surface area contributed by atoms with Gasteiger partial charge in [-0.1, -0.05) is 11.6 Å². The lowest BCUT2D eigenvalue weighted by molar-refractivity contribution is -0.139. The van der Waals surface area contributed by atoms with Gasteiger partial charge in [0.25, 0.3) is 0 Å². The summed E-state index contributed by atoms with van der Waals surface area (Å²) in [6.45, 7) is 0. The van der Waals surface area contributed by atoms with Crippen molar-refractivity contribution < 1.29 is 19.1 Å². The summed E-state index contributed by atoms with van der Waals surface area (Å²) >= 11 is 5.88. The molecule has 0 aliphatic carbocycles. The summed E-state index contributed by atoms with van der Waals surface area (Å²) < 4.78 is 9.99. The van der Waals surface area contributed by atoms with Crippen LogP contribution < -0.4 is 4.74 Å². The zero-order valence-electron chi connectivity index (χ0n) is 13.8. The minimum absolute atomic E-state index is 0.00249. The molecule has 6 heteroatoms. The third-order valence-electron chi connectivity index (χ3n) is 4.00. The molecule has 3 rings (SSSR count). The van der Waals surface area contributed by atoms with Crippen molar-refractivity contribution in [1.82, 2.24) is 4.98 Å². The van der Waals surface area contributed by atoms with Crippen molar-refractivity contribution in [2.75, 3.05) is 14.2 Å². The number of rotatable bonds is 5. The third kappa shape index (κ3) is 3.37. The van der Waals surface area contributed by atoms with E-state index in [0.717, 1.165) is 10.9 Å². The lowest BCUT2D eigenvalue weighted by Crippen LogP contribution is -2.10. The zero-order chi connectivity index (χ0) is 18.0. The minimum atomic E-state index is -0.415. The molecule has 0 atom stereocenters. The zero-order valence-corrected chi connectivity index (χ0v) is 14.5. The summed E-state index contributed by atoms with van der Waals surface area (Å²) in [6, 6.07) is 12.0. The molecule has 0 spiro atoms. The van der Waals surface area contributed by atoms with Crippen LogP contribution in [0.5, 0.6) is 5.75 Å². The predicted octanol–water partition coefficient (Wildman–Crippen LogP) is 3.78. The SMILES string of the molecule is COC(=O)Cc1c(C(=O)c2ccc(Cl)cc2)[nH]c2cc(OC)ccc12. The number of esters is 1. The van der Waals surface area contributed by atoms with Gasteiger partial charge in [-0.25, -0.2) is 0 Å². The first-order chi connectivity index (χ1) is 12.0. The van der Waals surface area contributed by atoms with Crippen molar-refractivity contribution in [2.24, 2.45) is 0 Å². The molecule has 0 aliphatic rings. The lowest BCUT2D eigenvalue weighted by Gasteiger charge is -2.04. The van der Waals surface area contributed by atoms with Gasteiger partial charge in [-0.05, 0) is 36.4 Å². The summed E-state index contributed by atoms with van der Waals surface area (Å²) in [6.07, 6.45) is -0.00249. The Morgan fingerprint density at radius 1 is 1.08 bits per heavy atom. The van der Waals surface area contributed by atoms with Gasteiger partial charge in [-0.2, -0.15) is 0 Å². The maximum Gasteiger partial charge on any atom is 0.310 e.